The quantitative estimate of drug-likeness (QED) is 0.594. The molecular weight excluding hydrogens is 351 g/mol. The summed E-state index contributed by atoms with van der Waals surface area (Å²) in [6.45, 7) is 2.49. The van der Waals surface area contributed by atoms with Gasteiger partial charge in [-0.25, -0.2) is 9.67 Å². The minimum atomic E-state index is -4.47. The second-order valence-electron chi connectivity index (χ2n) is 5.51. The predicted octanol–water partition coefficient (Wildman–Crippen LogP) is 5.69. The van der Waals surface area contributed by atoms with Gasteiger partial charge in [-0.05, 0) is 24.6 Å². The van der Waals surface area contributed by atoms with E-state index in [4.69, 9.17) is 11.6 Å². The number of alkyl halides is 3. The fourth-order valence-electron chi connectivity index (χ4n) is 2.59. The van der Waals surface area contributed by atoms with Crippen LogP contribution in [-0.2, 0) is 12.7 Å². The molecule has 0 saturated heterocycles. The van der Waals surface area contributed by atoms with E-state index < -0.39 is 11.7 Å². The van der Waals surface area contributed by atoms with Crippen molar-refractivity contribution in [3.8, 4) is 22.8 Å². The van der Waals surface area contributed by atoms with Gasteiger partial charge in [0.1, 0.15) is 0 Å². The Kier molecular flexibility index (Phi) is 4.81. The fraction of sp³-hybridized carbons (Fsp3) is 0.222. The molecule has 0 fully saturated rings. The highest BCUT2D eigenvalue weighted by molar-refractivity contribution is 6.33. The first kappa shape index (κ1) is 17.5. The van der Waals surface area contributed by atoms with Crippen LogP contribution in [0.5, 0.6) is 0 Å². The minimum Gasteiger partial charge on any atom is -0.245 e. The molecule has 3 rings (SSSR count). The second kappa shape index (κ2) is 6.88. The molecule has 7 heteroatoms. The zero-order chi connectivity index (χ0) is 18.0. The van der Waals surface area contributed by atoms with Crippen LogP contribution in [0.3, 0.4) is 0 Å². The molecule has 0 aliphatic rings. The van der Waals surface area contributed by atoms with Crippen LogP contribution in [0.15, 0.2) is 48.5 Å². The third kappa shape index (κ3) is 3.54. The molecule has 0 atom stereocenters. The molecule has 0 bridgehead atoms. The Balaban J connectivity index is 2.18. The summed E-state index contributed by atoms with van der Waals surface area (Å²) in [5, 5.41) is 4.78. The number of hydrogen-bond donors (Lipinski definition) is 0. The number of aryl methyl sites for hydroxylation is 1. The summed E-state index contributed by atoms with van der Waals surface area (Å²) in [6, 6.07) is 12.4. The lowest BCUT2D eigenvalue weighted by Gasteiger charge is -2.09. The summed E-state index contributed by atoms with van der Waals surface area (Å²) in [6.07, 6.45) is -3.71. The SMILES string of the molecule is CCCn1nc(-c2ccccc2C(F)(F)F)nc1-c1ccccc1Cl. The molecule has 3 nitrogen and oxygen atoms in total. The van der Waals surface area contributed by atoms with Gasteiger partial charge in [0, 0.05) is 17.7 Å². The Morgan fingerprint density at radius 2 is 1.64 bits per heavy atom. The van der Waals surface area contributed by atoms with Crippen molar-refractivity contribution in [3.05, 3.63) is 59.1 Å². The number of hydrogen-bond acceptors (Lipinski definition) is 2. The summed E-state index contributed by atoms with van der Waals surface area (Å²) in [4.78, 5) is 4.37. The number of aromatic nitrogens is 3. The summed E-state index contributed by atoms with van der Waals surface area (Å²) < 4.78 is 41.5. The maximum absolute atomic E-state index is 13.3. The van der Waals surface area contributed by atoms with Crippen molar-refractivity contribution < 1.29 is 13.2 Å². The van der Waals surface area contributed by atoms with E-state index in [2.05, 4.69) is 10.1 Å². The molecule has 0 saturated carbocycles. The van der Waals surface area contributed by atoms with Crippen LogP contribution in [0.4, 0.5) is 13.2 Å². The molecule has 3 aromatic rings. The van der Waals surface area contributed by atoms with Gasteiger partial charge in [0.15, 0.2) is 11.6 Å². The van der Waals surface area contributed by atoms with Gasteiger partial charge in [-0.15, -0.1) is 0 Å². The van der Waals surface area contributed by atoms with E-state index in [1.807, 2.05) is 6.92 Å². The molecule has 0 amide bonds. The van der Waals surface area contributed by atoms with E-state index >= 15 is 0 Å². The lowest BCUT2D eigenvalue weighted by Crippen LogP contribution is -2.07. The zero-order valence-corrected chi connectivity index (χ0v) is 14.1. The molecule has 2 aromatic carbocycles. The third-order valence-electron chi connectivity index (χ3n) is 3.70. The molecule has 0 radical (unpaired) electrons. The topological polar surface area (TPSA) is 30.7 Å². The molecule has 25 heavy (non-hydrogen) atoms. The highest BCUT2D eigenvalue weighted by Gasteiger charge is 2.34. The van der Waals surface area contributed by atoms with E-state index in [0.717, 1.165) is 12.5 Å². The van der Waals surface area contributed by atoms with Crippen molar-refractivity contribution in [2.24, 2.45) is 0 Å². The fourth-order valence-corrected chi connectivity index (χ4v) is 2.81. The predicted molar refractivity (Wildman–Crippen MR) is 91.2 cm³/mol. The lowest BCUT2D eigenvalue weighted by molar-refractivity contribution is -0.137. The summed E-state index contributed by atoms with van der Waals surface area (Å²) in [5.41, 5.74) is -0.159. The van der Waals surface area contributed by atoms with Crippen LogP contribution in [-0.4, -0.2) is 14.8 Å². The number of rotatable bonds is 4. The van der Waals surface area contributed by atoms with Crippen molar-refractivity contribution in [3.63, 3.8) is 0 Å². The highest BCUT2D eigenvalue weighted by Crippen LogP contribution is 2.37. The van der Waals surface area contributed by atoms with Gasteiger partial charge in [0.2, 0.25) is 0 Å². The van der Waals surface area contributed by atoms with Crippen LogP contribution in [0, 0.1) is 0 Å². The average molecular weight is 366 g/mol. The summed E-state index contributed by atoms with van der Waals surface area (Å²) in [7, 11) is 0. The van der Waals surface area contributed by atoms with Gasteiger partial charge < -0.3 is 0 Å². The average Bonchev–Trinajstić information content (AvgIpc) is 2.98. The maximum atomic E-state index is 13.3. The Morgan fingerprint density at radius 3 is 2.28 bits per heavy atom. The number of nitrogens with zero attached hydrogens (tertiary/aromatic N) is 3. The molecule has 1 aromatic heterocycles. The van der Waals surface area contributed by atoms with E-state index in [1.54, 1.807) is 35.0 Å². The van der Waals surface area contributed by atoms with Gasteiger partial charge in [-0.3, -0.25) is 0 Å². The van der Waals surface area contributed by atoms with Gasteiger partial charge in [-0.2, -0.15) is 18.3 Å². The molecule has 0 N–H and O–H groups in total. The first-order chi connectivity index (χ1) is 11.9. The van der Waals surface area contributed by atoms with Crippen molar-refractivity contribution >= 4 is 11.6 Å². The third-order valence-corrected chi connectivity index (χ3v) is 4.02. The number of halogens is 4. The van der Waals surface area contributed by atoms with E-state index in [-0.39, 0.29) is 11.4 Å². The maximum Gasteiger partial charge on any atom is 0.417 e. The van der Waals surface area contributed by atoms with E-state index in [9.17, 15) is 13.2 Å². The summed E-state index contributed by atoms with van der Waals surface area (Å²) >= 11 is 6.23. The molecule has 0 spiro atoms. The van der Waals surface area contributed by atoms with Crippen LogP contribution in [0.2, 0.25) is 5.02 Å². The van der Waals surface area contributed by atoms with E-state index in [1.165, 1.54) is 12.1 Å². The lowest BCUT2D eigenvalue weighted by atomic mass is 10.1. The first-order valence-electron chi connectivity index (χ1n) is 7.78. The van der Waals surface area contributed by atoms with Crippen LogP contribution < -0.4 is 0 Å². The normalized spacial score (nSPS) is 11.7. The van der Waals surface area contributed by atoms with Crippen molar-refractivity contribution in [1.82, 2.24) is 14.8 Å². The van der Waals surface area contributed by atoms with Gasteiger partial charge in [0.25, 0.3) is 0 Å². The zero-order valence-electron chi connectivity index (χ0n) is 13.4. The minimum absolute atomic E-state index is 0.0382. The molecule has 0 aliphatic heterocycles. The largest absolute Gasteiger partial charge is 0.417 e. The molecular formula is C18H15ClF3N3. The van der Waals surface area contributed by atoms with Crippen molar-refractivity contribution in [1.29, 1.82) is 0 Å². The Labute approximate surface area is 148 Å². The second-order valence-corrected chi connectivity index (χ2v) is 5.91. The Bertz CT molecular complexity index is 887. The first-order valence-corrected chi connectivity index (χ1v) is 8.16. The molecule has 0 aliphatic carbocycles. The number of benzene rings is 2. The van der Waals surface area contributed by atoms with Gasteiger partial charge >= 0.3 is 6.18 Å². The van der Waals surface area contributed by atoms with Gasteiger partial charge in [-0.1, -0.05) is 48.9 Å². The van der Waals surface area contributed by atoms with Crippen molar-refractivity contribution in [2.75, 3.05) is 0 Å². The Morgan fingerprint density at radius 1 is 1.00 bits per heavy atom. The van der Waals surface area contributed by atoms with Crippen LogP contribution in [0.1, 0.15) is 18.9 Å². The van der Waals surface area contributed by atoms with Crippen LogP contribution >= 0.6 is 11.6 Å². The smallest absolute Gasteiger partial charge is 0.245 e. The molecule has 130 valence electrons. The molecule has 0 unspecified atom stereocenters. The van der Waals surface area contributed by atoms with Gasteiger partial charge in [0.05, 0.1) is 10.6 Å². The highest BCUT2D eigenvalue weighted by atomic mass is 35.5. The summed E-state index contributed by atoms with van der Waals surface area (Å²) in [5.74, 6) is 0.496. The van der Waals surface area contributed by atoms with E-state index in [0.29, 0.717) is 23.0 Å². The Hall–Kier alpha value is -2.34. The monoisotopic (exact) mass is 365 g/mol. The van der Waals surface area contributed by atoms with Crippen LogP contribution in [0.25, 0.3) is 22.8 Å². The molecule has 1 heterocycles. The standard InChI is InChI=1S/C18H15ClF3N3/c1-2-11-25-17(13-8-4-6-10-15(13)19)23-16(24-25)12-7-3-5-9-14(12)18(20,21)22/h3-10H,2,11H2,1H3. The van der Waals surface area contributed by atoms with Crippen molar-refractivity contribution in [2.45, 2.75) is 26.1 Å².